The van der Waals surface area contributed by atoms with E-state index in [1.54, 1.807) is 4.90 Å². The third-order valence-electron chi connectivity index (χ3n) is 4.96. The van der Waals surface area contributed by atoms with Gasteiger partial charge in [0.05, 0.1) is 12.3 Å². The molecule has 0 saturated heterocycles. The van der Waals surface area contributed by atoms with Crippen molar-refractivity contribution in [1.29, 1.82) is 0 Å². The van der Waals surface area contributed by atoms with E-state index in [9.17, 15) is 9.59 Å². The van der Waals surface area contributed by atoms with Gasteiger partial charge in [0.2, 0.25) is 0 Å². The molecule has 2 aromatic carbocycles. The molecule has 7 heteroatoms. The van der Waals surface area contributed by atoms with Gasteiger partial charge in [-0.2, -0.15) is 5.10 Å². The average molecular weight is 390 g/mol. The SMILES string of the molecule is CCOc1ccc(-n2nc(C(N)=O)c3c2C(=O)N(c2cccc(C)c2)CC3)cc1. The van der Waals surface area contributed by atoms with Crippen LogP contribution in [0.5, 0.6) is 5.75 Å². The number of aryl methyl sites for hydroxylation is 1. The lowest BCUT2D eigenvalue weighted by molar-refractivity contribution is 0.0972. The molecule has 0 unspecified atom stereocenters. The molecule has 1 aliphatic rings. The van der Waals surface area contributed by atoms with Crippen molar-refractivity contribution in [2.75, 3.05) is 18.1 Å². The van der Waals surface area contributed by atoms with Crippen LogP contribution in [0, 0.1) is 6.92 Å². The molecule has 0 bridgehead atoms. The number of aromatic nitrogens is 2. The van der Waals surface area contributed by atoms with Crippen molar-refractivity contribution in [1.82, 2.24) is 9.78 Å². The molecule has 0 fully saturated rings. The molecule has 1 aliphatic heterocycles. The van der Waals surface area contributed by atoms with Crippen molar-refractivity contribution in [3.05, 3.63) is 71.0 Å². The Balaban J connectivity index is 1.81. The van der Waals surface area contributed by atoms with Crippen molar-refractivity contribution in [3.8, 4) is 11.4 Å². The number of nitrogens with two attached hydrogens (primary N) is 1. The highest BCUT2D eigenvalue weighted by Crippen LogP contribution is 2.29. The van der Waals surface area contributed by atoms with Crippen LogP contribution >= 0.6 is 0 Å². The number of primary amides is 1. The zero-order valence-electron chi connectivity index (χ0n) is 16.4. The van der Waals surface area contributed by atoms with Crippen LogP contribution in [0.2, 0.25) is 0 Å². The van der Waals surface area contributed by atoms with E-state index in [0.29, 0.717) is 36.5 Å². The summed E-state index contributed by atoms with van der Waals surface area (Å²) in [5, 5.41) is 4.39. The molecule has 0 atom stereocenters. The molecule has 2 amide bonds. The second-order valence-electron chi connectivity index (χ2n) is 6.92. The number of anilines is 1. The van der Waals surface area contributed by atoms with E-state index >= 15 is 0 Å². The number of nitrogens with zero attached hydrogens (tertiary/aromatic N) is 3. The minimum Gasteiger partial charge on any atom is -0.494 e. The van der Waals surface area contributed by atoms with E-state index in [1.165, 1.54) is 4.68 Å². The Morgan fingerprint density at radius 1 is 1.17 bits per heavy atom. The number of carbonyl (C=O) groups is 2. The van der Waals surface area contributed by atoms with Crippen LogP contribution in [-0.4, -0.2) is 34.7 Å². The summed E-state index contributed by atoms with van der Waals surface area (Å²) in [5.74, 6) is -0.117. The van der Waals surface area contributed by atoms with Gasteiger partial charge in [0.15, 0.2) is 5.69 Å². The lowest BCUT2D eigenvalue weighted by Gasteiger charge is -2.28. The number of benzene rings is 2. The molecule has 4 rings (SSSR count). The molecular weight excluding hydrogens is 368 g/mol. The number of carbonyl (C=O) groups excluding carboxylic acids is 2. The van der Waals surface area contributed by atoms with Crippen LogP contribution in [0.4, 0.5) is 5.69 Å². The van der Waals surface area contributed by atoms with Crippen LogP contribution in [0.25, 0.3) is 5.69 Å². The van der Waals surface area contributed by atoms with Crippen molar-refractivity contribution < 1.29 is 14.3 Å². The summed E-state index contributed by atoms with van der Waals surface area (Å²) in [6, 6.07) is 15.0. The fourth-order valence-electron chi connectivity index (χ4n) is 3.64. The van der Waals surface area contributed by atoms with Crippen LogP contribution in [-0.2, 0) is 6.42 Å². The Hall–Kier alpha value is -3.61. The quantitative estimate of drug-likeness (QED) is 0.725. The number of amides is 2. The Labute approximate surface area is 168 Å². The largest absolute Gasteiger partial charge is 0.494 e. The molecule has 148 valence electrons. The normalized spacial score (nSPS) is 13.3. The summed E-state index contributed by atoms with van der Waals surface area (Å²) in [4.78, 5) is 27.1. The highest BCUT2D eigenvalue weighted by atomic mass is 16.5. The minimum atomic E-state index is -0.636. The second kappa shape index (κ2) is 7.43. The van der Waals surface area contributed by atoms with Gasteiger partial charge in [-0.15, -0.1) is 0 Å². The van der Waals surface area contributed by atoms with E-state index in [2.05, 4.69) is 5.10 Å². The lowest BCUT2D eigenvalue weighted by atomic mass is 10.0. The Kier molecular flexibility index (Phi) is 4.80. The van der Waals surface area contributed by atoms with Gasteiger partial charge < -0.3 is 15.4 Å². The highest BCUT2D eigenvalue weighted by Gasteiger charge is 2.34. The van der Waals surface area contributed by atoms with Gasteiger partial charge in [0.25, 0.3) is 11.8 Å². The summed E-state index contributed by atoms with van der Waals surface area (Å²) in [6.45, 7) is 4.92. The van der Waals surface area contributed by atoms with E-state index in [1.807, 2.05) is 62.4 Å². The summed E-state index contributed by atoms with van der Waals surface area (Å²) < 4.78 is 6.99. The van der Waals surface area contributed by atoms with Gasteiger partial charge in [-0.3, -0.25) is 9.59 Å². The fraction of sp³-hybridized carbons (Fsp3) is 0.227. The van der Waals surface area contributed by atoms with Gasteiger partial charge in [-0.1, -0.05) is 12.1 Å². The standard InChI is InChI=1S/C22H22N4O3/c1-3-29-17-9-7-15(8-10-17)26-20-18(19(24-26)21(23)27)11-12-25(22(20)28)16-6-4-5-14(2)13-16/h4-10,13H,3,11-12H2,1-2H3,(H2,23,27). The number of hydrogen-bond donors (Lipinski definition) is 1. The first-order valence-electron chi connectivity index (χ1n) is 9.53. The first-order chi connectivity index (χ1) is 14.0. The molecular formula is C22H22N4O3. The molecule has 2 heterocycles. The van der Waals surface area contributed by atoms with Gasteiger partial charge in [-0.25, -0.2) is 4.68 Å². The minimum absolute atomic E-state index is 0.145. The Bertz CT molecular complexity index is 1090. The smallest absolute Gasteiger partial charge is 0.277 e. The van der Waals surface area contributed by atoms with Crippen LogP contribution in [0.1, 0.15) is 39.0 Å². The first-order valence-corrected chi connectivity index (χ1v) is 9.53. The van der Waals surface area contributed by atoms with Crippen LogP contribution in [0.15, 0.2) is 48.5 Å². The second-order valence-corrected chi connectivity index (χ2v) is 6.92. The summed E-state index contributed by atoms with van der Waals surface area (Å²) in [6.07, 6.45) is 0.504. The van der Waals surface area contributed by atoms with Gasteiger partial charge >= 0.3 is 0 Å². The number of fused-ring (bicyclic) bond motifs is 1. The van der Waals surface area contributed by atoms with Crippen molar-refractivity contribution in [2.24, 2.45) is 5.73 Å². The van der Waals surface area contributed by atoms with Crippen molar-refractivity contribution in [2.45, 2.75) is 20.3 Å². The summed E-state index contributed by atoms with van der Waals surface area (Å²) >= 11 is 0. The average Bonchev–Trinajstić information content (AvgIpc) is 3.10. The fourth-order valence-corrected chi connectivity index (χ4v) is 3.64. The monoisotopic (exact) mass is 390 g/mol. The van der Waals surface area contributed by atoms with E-state index in [0.717, 1.165) is 17.0 Å². The maximum atomic E-state index is 13.4. The van der Waals surface area contributed by atoms with Gasteiger partial charge in [0, 0.05) is 17.8 Å². The third-order valence-corrected chi connectivity index (χ3v) is 4.96. The Morgan fingerprint density at radius 2 is 1.93 bits per heavy atom. The number of ether oxygens (including phenoxy) is 1. The molecule has 0 aliphatic carbocycles. The van der Waals surface area contributed by atoms with Crippen molar-refractivity contribution in [3.63, 3.8) is 0 Å². The molecule has 2 N–H and O–H groups in total. The van der Waals surface area contributed by atoms with Gasteiger partial charge in [0.1, 0.15) is 11.4 Å². The number of hydrogen-bond acceptors (Lipinski definition) is 4. The Morgan fingerprint density at radius 3 is 2.59 bits per heavy atom. The van der Waals surface area contributed by atoms with E-state index < -0.39 is 5.91 Å². The molecule has 7 nitrogen and oxygen atoms in total. The zero-order chi connectivity index (χ0) is 20.5. The predicted octanol–water partition coefficient (Wildman–Crippen LogP) is 2.88. The topological polar surface area (TPSA) is 90.5 Å². The number of rotatable bonds is 5. The summed E-state index contributed by atoms with van der Waals surface area (Å²) in [7, 11) is 0. The molecule has 1 aromatic heterocycles. The third kappa shape index (κ3) is 3.35. The first kappa shape index (κ1) is 18.7. The molecule has 3 aromatic rings. The maximum absolute atomic E-state index is 13.4. The highest BCUT2D eigenvalue weighted by molar-refractivity contribution is 6.09. The molecule has 0 spiro atoms. The van der Waals surface area contributed by atoms with Crippen LogP contribution < -0.4 is 15.4 Å². The van der Waals surface area contributed by atoms with E-state index in [4.69, 9.17) is 10.5 Å². The van der Waals surface area contributed by atoms with E-state index in [-0.39, 0.29) is 11.6 Å². The predicted molar refractivity (Wildman–Crippen MR) is 110 cm³/mol. The molecule has 0 saturated carbocycles. The van der Waals surface area contributed by atoms with Crippen molar-refractivity contribution >= 4 is 17.5 Å². The van der Waals surface area contributed by atoms with Crippen LogP contribution in [0.3, 0.4) is 0 Å². The molecule has 0 radical (unpaired) electrons. The summed E-state index contributed by atoms with van der Waals surface area (Å²) in [5.41, 5.74) is 9.21. The van der Waals surface area contributed by atoms with Gasteiger partial charge in [-0.05, 0) is 62.2 Å². The molecule has 29 heavy (non-hydrogen) atoms. The maximum Gasteiger partial charge on any atom is 0.277 e. The zero-order valence-corrected chi connectivity index (χ0v) is 16.4. The lowest BCUT2D eigenvalue weighted by Crippen LogP contribution is -2.39.